The van der Waals surface area contributed by atoms with Gasteiger partial charge in [-0.1, -0.05) is 6.07 Å². The second kappa shape index (κ2) is 8.61. The second-order valence-electron chi connectivity index (χ2n) is 7.79. The molecule has 10 N–H and O–H groups in total. The van der Waals surface area contributed by atoms with Crippen molar-refractivity contribution in [1.82, 2.24) is 0 Å². The maximum Gasteiger partial charge on any atom is 0.296 e. The normalized spacial score (nSPS) is 12.6. The molecule has 0 saturated carbocycles. The van der Waals surface area contributed by atoms with E-state index in [0.717, 1.165) is 30.3 Å². The fraction of sp³-hybridized carbons (Fsp3) is 0. The maximum atomic E-state index is 12.1. The Morgan fingerprint density at radius 2 is 1.24 bits per heavy atom. The molecule has 0 fully saturated rings. The number of benzene rings is 4. The minimum atomic E-state index is -5.00. The van der Waals surface area contributed by atoms with E-state index in [2.05, 4.69) is 10.9 Å². The van der Waals surface area contributed by atoms with Gasteiger partial charge in [0.2, 0.25) is 0 Å². The molecule has 0 unspecified atom stereocenters. The van der Waals surface area contributed by atoms with Crippen LogP contribution in [0.4, 0.5) is 22.7 Å². The van der Waals surface area contributed by atoms with Crippen molar-refractivity contribution in [2.45, 2.75) is 14.7 Å². The first-order chi connectivity index (χ1) is 17.0. The van der Waals surface area contributed by atoms with Crippen LogP contribution in [0.2, 0.25) is 0 Å². The standard InChI is InChI=1S/C20H18N4O10S3/c21-14-3-4-16(11-2-1-10(7-13(11)14)35(26,27)28)23-24-19-18(37(32,33)34)6-9-5-17(36(29,30)31)15(22)8-12(9)20(19)25/h1-8,23-25H,21-22H2,(H,26,27,28)(H,29,30,31)(H,32,33,34). The van der Waals surface area contributed by atoms with E-state index in [1.807, 2.05) is 0 Å². The van der Waals surface area contributed by atoms with E-state index in [1.165, 1.54) is 18.2 Å². The van der Waals surface area contributed by atoms with Crippen LogP contribution in [0, 0.1) is 0 Å². The van der Waals surface area contributed by atoms with E-state index in [9.17, 15) is 44.0 Å². The average Bonchev–Trinajstić information content (AvgIpc) is 2.77. The third-order valence-corrected chi connectivity index (χ3v) is 8.04. The van der Waals surface area contributed by atoms with Gasteiger partial charge in [0.25, 0.3) is 30.4 Å². The summed E-state index contributed by atoms with van der Waals surface area (Å²) in [5.74, 6) is -0.750. The third-order valence-electron chi connectivity index (χ3n) is 5.40. The van der Waals surface area contributed by atoms with E-state index in [4.69, 9.17) is 11.5 Å². The summed E-state index contributed by atoms with van der Waals surface area (Å²) >= 11 is 0. The third kappa shape index (κ3) is 4.90. The first-order valence-electron chi connectivity index (χ1n) is 9.84. The zero-order chi connectivity index (χ0) is 27.5. The monoisotopic (exact) mass is 570 g/mol. The summed E-state index contributed by atoms with van der Waals surface area (Å²) in [6.07, 6.45) is 0. The summed E-state index contributed by atoms with van der Waals surface area (Å²) in [7, 11) is -14.3. The van der Waals surface area contributed by atoms with Crippen LogP contribution in [0.3, 0.4) is 0 Å². The minimum absolute atomic E-state index is 0.124. The van der Waals surface area contributed by atoms with Gasteiger partial charge in [-0.05, 0) is 47.9 Å². The molecule has 4 aromatic rings. The molecule has 0 aromatic heterocycles. The summed E-state index contributed by atoms with van der Waals surface area (Å²) in [5.41, 5.74) is 16.1. The van der Waals surface area contributed by atoms with Crippen molar-refractivity contribution < 1.29 is 44.0 Å². The highest BCUT2D eigenvalue weighted by Gasteiger charge is 2.24. The fourth-order valence-corrected chi connectivity index (χ4v) is 5.52. The highest BCUT2D eigenvalue weighted by Crippen LogP contribution is 2.41. The Bertz CT molecular complexity index is 1940. The molecule has 0 heterocycles. The molecular formula is C20H18N4O10S3. The molecule has 4 aromatic carbocycles. The molecule has 0 atom stereocenters. The number of hydrazine groups is 1. The van der Waals surface area contributed by atoms with Crippen molar-refractivity contribution in [3.05, 3.63) is 48.5 Å². The molecule has 0 aliphatic rings. The van der Waals surface area contributed by atoms with Crippen molar-refractivity contribution in [2.24, 2.45) is 0 Å². The van der Waals surface area contributed by atoms with Crippen LogP contribution in [-0.2, 0) is 30.4 Å². The summed E-state index contributed by atoms with van der Waals surface area (Å²) in [5, 5.41) is 11.0. The van der Waals surface area contributed by atoms with Crippen molar-refractivity contribution in [1.29, 1.82) is 0 Å². The highest BCUT2D eigenvalue weighted by molar-refractivity contribution is 7.86. The molecule has 17 heteroatoms. The van der Waals surface area contributed by atoms with Crippen LogP contribution in [-0.4, -0.2) is 44.0 Å². The SMILES string of the molecule is Nc1cc2c(O)c(NNc3ccc(N)c4cc(S(=O)(=O)O)ccc34)c(S(=O)(=O)O)cc2cc1S(=O)(=O)O. The van der Waals surface area contributed by atoms with E-state index in [0.29, 0.717) is 5.39 Å². The number of aromatic hydroxyl groups is 1. The van der Waals surface area contributed by atoms with E-state index < -0.39 is 62.2 Å². The van der Waals surface area contributed by atoms with Crippen molar-refractivity contribution >= 4 is 74.6 Å². The molecular weight excluding hydrogens is 552 g/mol. The Balaban J connectivity index is 1.87. The maximum absolute atomic E-state index is 12.1. The molecule has 0 amide bonds. The fourth-order valence-electron chi connectivity index (χ4n) is 3.70. The summed E-state index contributed by atoms with van der Waals surface area (Å²) in [4.78, 5) is -2.01. The van der Waals surface area contributed by atoms with Crippen LogP contribution >= 0.6 is 0 Å². The molecule has 0 spiro atoms. The number of phenols is 1. The average molecular weight is 571 g/mol. The van der Waals surface area contributed by atoms with Crippen LogP contribution < -0.4 is 22.3 Å². The van der Waals surface area contributed by atoms with Gasteiger partial charge in [-0.25, -0.2) is 0 Å². The van der Waals surface area contributed by atoms with Crippen molar-refractivity contribution in [3.8, 4) is 5.75 Å². The predicted molar refractivity (Wildman–Crippen MR) is 135 cm³/mol. The lowest BCUT2D eigenvalue weighted by atomic mass is 10.1. The molecule has 0 saturated heterocycles. The Morgan fingerprint density at radius 1 is 0.622 bits per heavy atom. The topological polar surface area (TPSA) is 259 Å². The minimum Gasteiger partial charge on any atom is -0.505 e. The Kier molecular flexibility index (Phi) is 6.10. The van der Waals surface area contributed by atoms with Gasteiger partial charge in [0, 0.05) is 21.8 Å². The number of phenolic OH excluding ortho intramolecular Hbond substituents is 1. The highest BCUT2D eigenvalue weighted by atomic mass is 32.2. The van der Waals surface area contributed by atoms with Gasteiger partial charge in [0.15, 0.2) is 0 Å². The van der Waals surface area contributed by atoms with Crippen LogP contribution in [0.25, 0.3) is 21.5 Å². The van der Waals surface area contributed by atoms with Gasteiger partial charge < -0.3 is 22.0 Å². The van der Waals surface area contributed by atoms with Crippen molar-refractivity contribution in [2.75, 3.05) is 22.3 Å². The smallest absolute Gasteiger partial charge is 0.296 e. The van der Waals surface area contributed by atoms with Crippen LogP contribution in [0.1, 0.15) is 0 Å². The van der Waals surface area contributed by atoms with Gasteiger partial charge in [0.05, 0.1) is 16.3 Å². The number of fused-ring (bicyclic) bond motifs is 2. The number of rotatable bonds is 6. The molecule has 0 aliphatic heterocycles. The molecule has 37 heavy (non-hydrogen) atoms. The largest absolute Gasteiger partial charge is 0.505 e. The summed E-state index contributed by atoms with van der Waals surface area (Å²) < 4.78 is 98.7. The van der Waals surface area contributed by atoms with Gasteiger partial charge in [0.1, 0.15) is 21.2 Å². The number of hydrogen-bond donors (Lipinski definition) is 8. The number of nitrogens with two attached hydrogens (primary N) is 2. The number of hydrogen-bond acceptors (Lipinski definition) is 11. The predicted octanol–water partition coefficient (Wildman–Crippen LogP) is 2.04. The van der Waals surface area contributed by atoms with E-state index >= 15 is 0 Å². The molecule has 0 bridgehead atoms. The van der Waals surface area contributed by atoms with E-state index in [-0.39, 0.29) is 27.5 Å². The first-order valence-corrected chi connectivity index (χ1v) is 14.2. The van der Waals surface area contributed by atoms with Crippen LogP contribution in [0.5, 0.6) is 5.75 Å². The Labute approximate surface area is 209 Å². The number of nitrogen functional groups attached to an aromatic ring is 2. The lowest BCUT2D eigenvalue weighted by Gasteiger charge is -2.18. The molecule has 4 rings (SSSR count). The molecule has 196 valence electrons. The zero-order valence-electron chi connectivity index (χ0n) is 18.2. The lowest BCUT2D eigenvalue weighted by Crippen LogP contribution is -2.14. The van der Waals surface area contributed by atoms with Gasteiger partial charge in [-0.15, -0.1) is 0 Å². The molecule has 0 aliphatic carbocycles. The first kappa shape index (κ1) is 26.2. The van der Waals surface area contributed by atoms with Gasteiger partial charge in [-0.3, -0.25) is 19.1 Å². The number of anilines is 4. The molecule has 14 nitrogen and oxygen atoms in total. The number of nitrogens with one attached hydrogen (secondary N) is 2. The lowest BCUT2D eigenvalue weighted by molar-refractivity contribution is 0.473. The quantitative estimate of drug-likeness (QED) is 0.0714. The zero-order valence-corrected chi connectivity index (χ0v) is 20.7. The second-order valence-corrected chi connectivity index (χ2v) is 12.0. The van der Waals surface area contributed by atoms with Gasteiger partial charge in [-0.2, -0.15) is 25.3 Å². The van der Waals surface area contributed by atoms with Crippen LogP contribution in [0.15, 0.2) is 63.2 Å². The van der Waals surface area contributed by atoms with E-state index in [1.54, 1.807) is 0 Å². The van der Waals surface area contributed by atoms with Crippen molar-refractivity contribution in [3.63, 3.8) is 0 Å². The Hall–Kier alpha value is -3.87. The summed E-state index contributed by atoms with van der Waals surface area (Å²) in [6, 6.07) is 9.05. The molecule has 0 radical (unpaired) electrons. The Morgan fingerprint density at radius 3 is 1.84 bits per heavy atom. The van der Waals surface area contributed by atoms with Gasteiger partial charge >= 0.3 is 0 Å². The summed E-state index contributed by atoms with van der Waals surface area (Å²) in [6.45, 7) is 0.